The number of amides is 1. The van der Waals surface area contributed by atoms with Gasteiger partial charge in [-0.2, -0.15) is 4.58 Å². The molecule has 7 heteroatoms. The maximum absolute atomic E-state index is 11.5. The van der Waals surface area contributed by atoms with E-state index < -0.39 is 0 Å². The minimum Gasteiger partial charge on any atom is -1.00 e. The number of carbonyl (C=O) groups excluding carboxylic acids is 1. The molecule has 0 fully saturated rings. The van der Waals surface area contributed by atoms with Gasteiger partial charge in [0.15, 0.2) is 5.71 Å². The second-order valence-electron chi connectivity index (χ2n) is 11.5. The molecular formula is C34H44Cl2N4O. The molecule has 0 bridgehead atoms. The summed E-state index contributed by atoms with van der Waals surface area (Å²) in [6.45, 7) is 10.1. The first-order valence-electron chi connectivity index (χ1n) is 14.1. The quantitative estimate of drug-likeness (QED) is 0.174. The molecule has 0 aliphatic carbocycles. The first-order valence-corrected chi connectivity index (χ1v) is 14.1. The van der Waals surface area contributed by atoms with Crippen molar-refractivity contribution in [2.75, 3.05) is 18.5 Å². The maximum Gasteiger partial charge on any atom is 0.264 e. The molecule has 0 aromatic heterocycles. The molecule has 2 aliphatic rings. The summed E-state index contributed by atoms with van der Waals surface area (Å²) in [6, 6.07) is 17.4. The number of fused-ring (bicyclic) bond motifs is 2. The van der Waals surface area contributed by atoms with Gasteiger partial charge < -0.3 is 29.7 Å². The normalized spacial score (nSPS) is 17.7. The Hall–Kier alpha value is -3.12. The van der Waals surface area contributed by atoms with Crippen molar-refractivity contribution in [1.82, 2.24) is 5.43 Å². The van der Waals surface area contributed by atoms with Crippen LogP contribution in [-0.2, 0) is 15.6 Å². The molecular weight excluding hydrogens is 551 g/mol. The summed E-state index contributed by atoms with van der Waals surface area (Å²) in [5, 5.41) is 0. The van der Waals surface area contributed by atoms with Gasteiger partial charge in [-0.1, -0.05) is 87.0 Å². The number of anilines is 1. The summed E-state index contributed by atoms with van der Waals surface area (Å²) in [6.07, 6.45) is 18.5. The Morgan fingerprint density at radius 2 is 1.49 bits per heavy atom. The summed E-state index contributed by atoms with van der Waals surface area (Å²) < 4.78 is 2.30. The van der Waals surface area contributed by atoms with Crippen LogP contribution in [0.4, 0.5) is 11.4 Å². The van der Waals surface area contributed by atoms with Crippen molar-refractivity contribution in [3.8, 4) is 0 Å². The first kappa shape index (κ1) is 34.1. The highest BCUT2D eigenvalue weighted by molar-refractivity contribution is 6.03. The third-order valence-electron chi connectivity index (χ3n) is 8.18. The summed E-state index contributed by atoms with van der Waals surface area (Å²) >= 11 is 0. The fourth-order valence-electron chi connectivity index (χ4n) is 5.99. The molecule has 0 atom stereocenters. The summed E-state index contributed by atoms with van der Waals surface area (Å²) in [7, 11) is 2.15. The van der Waals surface area contributed by atoms with E-state index in [0.29, 0.717) is 6.42 Å². The van der Waals surface area contributed by atoms with E-state index >= 15 is 0 Å². The van der Waals surface area contributed by atoms with Crippen LogP contribution in [0.25, 0.3) is 0 Å². The summed E-state index contributed by atoms with van der Waals surface area (Å²) in [4.78, 5) is 13.9. The lowest BCUT2D eigenvalue weighted by molar-refractivity contribution is -0.427. The van der Waals surface area contributed by atoms with E-state index in [1.54, 1.807) is 0 Å². The molecule has 2 aromatic carbocycles. The number of hydrogen-bond acceptors (Lipinski definition) is 2. The largest absolute Gasteiger partial charge is 1.00 e. The Kier molecular flexibility index (Phi) is 12.2. The van der Waals surface area contributed by atoms with Crippen LogP contribution in [0, 0.1) is 0 Å². The molecule has 0 saturated heterocycles. The van der Waals surface area contributed by atoms with Crippen molar-refractivity contribution in [3.63, 3.8) is 0 Å². The number of quaternary nitrogens is 1. The Morgan fingerprint density at radius 3 is 2.20 bits per heavy atom. The van der Waals surface area contributed by atoms with Crippen LogP contribution in [0.2, 0.25) is 0 Å². The van der Waals surface area contributed by atoms with Gasteiger partial charge in [0.1, 0.15) is 7.05 Å². The van der Waals surface area contributed by atoms with E-state index in [9.17, 15) is 4.79 Å². The average molecular weight is 596 g/mol. The number of nitrogens with one attached hydrogen (secondary N) is 1. The smallest absolute Gasteiger partial charge is 0.264 e. The lowest BCUT2D eigenvalue weighted by Gasteiger charge is -2.27. The lowest BCUT2D eigenvalue weighted by Crippen LogP contribution is -3.00. The highest BCUT2D eigenvalue weighted by atomic mass is 35.5. The van der Waals surface area contributed by atoms with Crippen molar-refractivity contribution < 1.29 is 40.0 Å². The van der Waals surface area contributed by atoms with Crippen LogP contribution >= 0.6 is 0 Å². The van der Waals surface area contributed by atoms with Gasteiger partial charge in [0, 0.05) is 47.5 Å². The zero-order valence-corrected chi connectivity index (χ0v) is 26.5. The summed E-state index contributed by atoms with van der Waals surface area (Å²) in [5.41, 5.74) is 10.3. The van der Waals surface area contributed by atoms with Gasteiger partial charge in [0.05, 0.1) is 5.41 Å². The molecule has 2 heterocycles. The zero-order chi connectivity index (χ0) is 28.0. The SMILES string of the molecule is C[N+]1=C(\C=C/C=C/C=C/C=C2/N(CCCCCC(=O)N[NH3+])c3ccccc3C2(C)C)C(C)(C)c2ccccc21.[Cl-].[Cl-]. The van der Waals surface area contributed by atoms with Crippen molar-refractivity contribution in [1.29, 1.82) is 0 Å². The third kappa shape index (κ3) is 7.21. The van der Waals surface area contributed by atoms with Gasteiger partial charge >= 0.3 is 0 Å². The Labute approximate surface area is 258 Å². The van der Waals surface area contributed by atoms with Gasteiger partial charge in [-0.25, -0.2) is 5.43 Å². The van der Waals surface area contributed by atoms with E-state index in [1.807, 2.05) is 0 Å². The van der Waals surface area contributed by atoms with E-state index in [4.69, 9.17) is 0 Å². The maximum atomic E-state index is 11.5. The highest BCUT2D eigenvalue weighted by Crippen LogP contribution is 2.47. The van der Waals surface area contributed by atoms with Crippen LogP contribution in [0.3, 0.4) is 0 Å². The Morgan fingerprint density at radius 1 is 0.854 bits per heavy atom. The molecule has 2 aromatic rings. The molecule has 5 nitrogen and oxygen atoms in total. The highest BCUT2D eigenvalue weighted by Gasteiger charge is 2.42. The van der Waals surface area contributed by atoms with Gasteiger partial charge in [0.25, 0.3) is 5.91 Å². The van der Waals surface area contributed by atoms with E-state index in [1.165, 1.54) is 33.9 Å². The number of unbranched alkanes of at least 4 members (excludes halogenated alkanes) is 2. The molecule has 0 saturated carbocycles. The predicted octanol–water partition coefficient (Wildman–Crippen LogP) is -0.116. The van der Waals surface area contributed by atoms with Gasteiger partial charge in [-0.3, -0.25) is 10.6 Å². The van der Waals surface area contributed by atoms with Crippen molar-refractivity contribution in [3.05, 3.63) is 108 Å². The minimum absolute atomic E-state index is 0. The molecule has 41 heavy (non-hydrogen) atoms. The molecule has 4 N–H and O–H groups in total. The predicted molar refractivity (Wildman–Crippen MR) is 162 cm³/mol. The lowest BCUT2D eigenvalue weighted by atomic mass is 9.81. The van der Waals surface area contributed by atoms with E-state index in [-0.39, 0.29) is 41.6 Å². The number of para-hydroxylation sites is 2. The van der Waals surface area contributed by atoms with Gasteiger partial charge in [-0.05, 0) is 44.4 Å². The molecule has 2 aliphatic heterocycles. The Balaban J connectivity index is 0.00000294. The number of hydrogen-bond donors (Lipinski definition) is 2. The van der Waals surface area contributed by atoms with E-state index in [0.717, 1.165) is 25.8 Å². The number of nitrogens with zero attached hydrogens (tertiary/aromatic N) is 2. The molecule has 0 spiro atoms. The van der Waals surface area contributed by atoms with Crippen molar-refractivity contribution in [2.24, 2.45) is 0 Å². The zero-order valence-electron chi connectivity index (χ0n) is 25.0. The first-order chi connectivity index (χ1) is 18.7. The van der Waals surface area contributed by atoms with Gasteiger partial charge in [-0.15, -0.1) is 0 Å². The number of benzene rings is 2. The Bertz CT molecular complexity index is 1370. The topological polar surface area (TPSA) is 63.0 Å². The van der Waals surface area contributed by atoms with E-state index in [2.05, 4.69) is 147 Å². The third-order valence-corrected chi connectivity index (χ3v) is 8.18. The molecule has 0 radical (unpaired) electrons. The van der Waals surface area contributed by atoms with Crippen molar-refractivity contribution in [2.45, 2.75) is 64.2 Å². The molecule has 0 unspecified atom stereocenters. The molecule has 220 valence electrons. The minimum atomic E-state index is -0.0669. The standard InChI is InChI=1S/C34H42N4O.2ClH/c1-33(2)26-18-13-15-20-28(26)37(5)30(33)22-10-7-6-8-11-23-31-34(3,4)27-19-14-16-21-29(27)38(31)25-17-9-12-24-32(39)36-35;;/h6-8,10-11,13-16,18-23H,9,12,17,24-25,35H2,1-5H3;2*1H. The second kappa shape index (κ2) is 14.7. The van der Waals surface area contributed by atoms with Crippen LogP contribution in [0.1, 0.15) is 64.5 Å². The monoisotopic (exact) mass is 594 g/mol. The number of carbonyl (C=O) groups is 1. The number of allylic oxidation sites excluding steroid dienone is 8. The molecule has 4 rings (SSSR count). The van der Waals surface area contributed by atoms with Crippen LogP contribution < -0.4 is 41.0 Å². The fraction of sp³-hybridized carbons (Fsp3) is 0.353. The molecule has 1 amide bonds. The van der Waals surface area contributed by atoms with Crippen molar-refractivity contribution >= 4 is 23.0 Å². The number of halogens is 2. The second-order valence-corrected chi connectivity index (χ2v) is 11.5. The summed E-state index contributed by atoms with van der Waals surface area (Å²) in [5.74, 6) is 3.46. The van der Waals surface area contributed by atoms with Crippen LogP contribution in [-0.4, -0.2) is 29.8 Å². The average Bonchev–Trinajstić information content (AvgIpc) is 3.26. The van der Waals surface area contributed by atoms with Crippen LogP contribution in [0.15, 0.2) is 96.8 Å². The number of rotatable bonds is 10. The van der Waals surface area contributed by atoms with Gasteiger partial charge in [0.2, 0.25) is 5.69 Å². The van der Waals surface area contributed by atoms with Crippen LogP contribution in [0.5, 0.6) is 0 Å². The fourth-order valence-corrected chi connectivity index (χ4v) is 5.99.